The number of carbonyl (C=O) groups is 1. The van der Waals surface area contributed by atoms with E-state index in [1.165, 1.54) is 6.42 Å². The third kappa shape index (κ3) is 3.24. The molecular weight excluding hydrogens is 346 g/mol. The first-order valence-corrected chi connectivity index (χ1v) is 9.72. The third-order valence-electron chi connectivity index (χ3n) is 4.66. The van der Waals surface area contributed by atoms with Gasteiger partial charge in [0, 0.05) is 13.1 Å². The predicted octanol–water partition coefficient (Wildman–Crippen LogP) is 4.24. The molecule has 0 N–H and O–H groups in total. The van der Waals surface area contributed by atoms with Crippen molar-refractivity contribution in [1.29, 1.82) is 0 Å². The summed E-state index contributed by atoms with van der Waals surface area (Å²) in [6.07, 6.45) is 3.34. The van der Waals surface area contributed by atoms with Gasteiger partial charge in [-0.2, -0.15) is 5.10 Å². The van der Waals surface area contributed by atoms with E-state index in [1.54, 1.807) is 23.1 Å². The van der Waals surface area contributed by atoms with E-state index in [2.05, 4.69) is 0 Å². The first-order valence-electron chi connectivity index (χ1n) is 8.84. The zero-order valence-electron chi connectivity index (χ0n) is 14.7. The third-order valence-corrected chi connectivity index (χ3v) is 5.55. The number of ether oxygens (including phenoxy) is 1. The molecule has 26 heavy (non-hydrogen) atoms. The Labute approximate surface area is 156 Å². The van der Waals surface area contributed by atoms with E-state index in [4.69, 9.17) is 9.84 Å². The van der Waals surface area contributed by atoms with Crippen LogP contribution in [-0.4, -0.2) is 40.8 Å². The highest BCUT2D eigenvalue weighted by atomic mass is 32.1. The van der Waals surface area contributed by atoms with Gasteiger partial charge in [-0.1, -0.05) is 6.07 Å². The van der Waals surface area contributed by atoms with Crippen molar-refractivity contribution in [3.05, 3.63) is 53.5 Å². The lowest BCUT2D eigenvalue weighted by Crippen LogP contribution is -2.36. The fourth-order valence-corrected chi connectivity index (χ4v) is 3.94. The van der Waals surface area contributed by atoms with Gasteiger partial charge in [-0.05, 0) is 61.0 Å². The summed E-state index contributed by atoms with van der Waals surface area (Å²) < 4.78 is 6.99. The first kappa shape index (κ1) is 16.8. The van der Waals surface area contributed by atoms with Gasteiger partial charge in [0.2, 0.25) is 0 Å². The maximum absolute atomic E-state index is 13.1. The van der Waals surface area contributed by atoms with Crippen molar-refractivity contribution in [2.24, 2.45) is 0 Å². The summed E-state index contributed by atoms with van der Waals surface area (Å²) in [5.41, 5.74) is 2.30. The minimum Gasteiger partial charge on any atom is -0.497 e. The van der Waals surface area contributed by atoms with Crippen LogP contribution in [0.25, 0.3) is 16.3 Å². The second kappa shape index (κ2) is 7.33. The molecule has 134 valence electrons. The number of amides is 1. The lowest BCUT2D eigenvalue weighted by molar-refractivity contribution is 0.0715. The van der Waals surface area contributed by atoms with Crippen LogP contribution < -0.4 is 4.74 Å². The average molecular weight is 367 g/mol. The molecule has 0 aliphatic carbocycles. The Kier molecular flexibility index (Phi) is 4.75. The normalized spacial score (nSPS) is 14.4. The molecular formula is C20H21N3O2S. The molecule has 0 bridgehead atoms. The summed E-state index contributed by atoms with van der Waals surface area (Å²) in [6, 6.07) is 13.6. The molecule has 1 aliphatic rings. The fourth-order valence-electron chi connectivity index (χ4n) is 3.26. The van der Waals surface area contributed by atoms with Gasteiger partial charge in [0.1, 0.15) is 17.1 Å². The largest absolute Gasteiger partial charge is 0.497 e. The number of piperidine rings is 1. The highest BCUT2D eigenvalue weighted by Crippen LogP contribution is 2.27. The van der Waals surface area contributed by atoms with Crippen LogP contribution in [-0.2, 0) is 0 Å². The monoisotopic (exact) mass is 367 g/mol. The maximum atomic E-state index is 13.1. The summed E-state index contributed by atoms with van der Waals surface area (Å²) >= 11 is 1.63. The van der Waals surface area contributed by atoms with Crippen LogP contribution in [0.4, 0.5) is 0 Å². The van der Waals surface area contributed by atoms with E-state index >= 15 is 0 Å². The second-order valence-corrected chi connectivity index (χ2v) is 7.30. The van der Waals surface area contributed by atoms with Crippen molar-refractivity contribution in [2.75, 3.05) is 20.2 Å². The summed E-state index contributed by atoms with van der Waals surface area (Å²) in [5.74, 6) is 0.833. The Hall–Kier alpha value is -2.60. The molecule has 1 amide bonds. The number of hydrogen-bond donors (Lipinski definition) is 0. The first-order chi connectivity index (χ1) is 12.8. The summed E-state index contributed by atoms with van der Waals surface area (Å²) in [6.45, 7) is 1.64. The summed E-state index contributed by atoms with van der Waals surface area (Å²) in [5, 5.41) is 6.75. The number of likely N-dealkylation sites (tertiary alicyclic amines) is 1. The molecule has 0 radical (unpaired) electrons. The number of aromatic nitrogens is 2. The summed E-state index contributed by atoms with van der Waals surface area (Å²) in [4.78, 5) is 16.1. The highest BCUT2D eigenvalue weighted by molar-refractivity contribution is 7.13. The topological polar surface area (TPSA) is 47.4 Å². The Morgan fingerprint density at radius 1 is 1.12 bits per heavy atom. The molecule has 0 unspecified atom stereocenters. The SMILES string of the molecule is COc1ccc(-n2nc(-c3cccs3)cc2C(=O)N2CCCCC2)cc1. The van der Waals surface area contributed by atoms with Crippen LogP contribution >= 0.6 is 11.3 Å². The van der Waals surface area contributed by atoms with Gasteiger partial charge >= 0.3 is 0 Å². The molecule has 6 heteroatoms. The smallest absolute Gasteiger partial charge is 0.272 e. The Balaban J connectivity index is 1.75. The van der Waals surface area contributed by atoms with E-state index in [0.717, 1.165) is 47.9 Å². The quantitative estimate of drug-likeness (QED) is 0.693. The molecule has 1 aromatic carbocycles. The van der Waals surface area contributed by atoms with E-state index in [9.17, 15) is 4.79 Å². The molecule has 1 aliphatic heterocycles. The maximum Gasteiger partial charge on any atom is 0.272 e. The van der Waals surface area contributed by atoms with Crippen LogP contribution in [0.15, 0.2) is 47.8 Å². The molecule has 4 rings (SSSR count). The number of rotatable bonds is 4. The van der Waals surface area contributed by atoms with Crippen molar-refractivity contribution in [1.82, 2.24) is 14.7 Å². The van der Waals surface area contributed by atoms with Gasteiger partial charge < -0.3 is 9.64 Å². The Morgan fingerprint density at radius 2 is 1.88 bits per heavy atom. The Bertz CT molecular complexity index is 878. The number of benzene rings is 1. The van der Waals surface area contributed by atoms with E-state index in [1.807, 2.05) is 52.7 Å². The predicted molar refractivity (Wildman–Crippen MR) is 103 cm³/mol. The van der Waals surface area contributed by atoms with Crippen molar-refractivity contribution in [3.63, 3.8) is 0 Å². The number of thiophene rings is 1. The second-order valence-electron chi connectivity index (χ2n) is 6.35. The van der Waals surface area contributed by atoms with Gasteiger partial charge in [0.05, 0.1) is 17.7 Å². The number of nitrogens with zero attached hydrogens (tertiary/aromatic N) is 3. The number of methoxy groups -OCH3 is 1. The minimum absolute atomic E-state index is 0.0517. The van der Waals surface area contributed by atoms with Crippen LogP contribution in [0, 0.1) is 0 Å². The van der Waals surface area contributed by atoms with E-state index in [0.29, 0.717) is 5.69 Å². The lowest BCUT2D eigenvalue weighted by atomic mass is 10.1. The van der Waals surface area contributed by atoms with Crippen LogP contribution in [0.2, 0.25) is 0 Å². The van der Waals surface area contributed by atoms with E-state index < -0.39 is 0 Å². The minimum atomic E-state index is 0.0517. The highest BCUT2D eigenvalue weighted by Gasteiger charge is 2.24. The standard InChI is InChI=1S/C20H21N3O2S/c1-25-16-9-7-15(8-10-16)23-18(20(24)22-11-3-2-4-12-22)14-17(21-23)19-6-5-13-26-19/h5-10,13-14H,2-4,11-12H2,1H3. The van der Waals surface area contributed by atoms with Gasteiger partial charge in [-0.25, -0.2) is 4.68 Å². The van der Waals surface area contributed by atoms with Gasteiger partial charge in [-0.15, -0.1) is 11.3 Å². The molecule has 3 heterocycles. The number of carbonyl (C=O) groups excluding carboxylic acids is 1. The van der Waals surface area contributed by atoms with Crippen molar-refractivity contribution >= 4 is 17.2 Å². The van der Waals surface area contributed by atoms with Crippen molar-refractivity contribution in [2.45, 2.75) is 19.3 Å². The molecule has 0 saturated carbocycles. The molecule has 5 nitrogen and oxygen atoms in total. The summed E-state index contributed by atoms with van der Waals surface area (Å²) in [7, 11) is 1.64. The van der Waals surface area contributed by atoms with Crippen LogP contribution in [0.5, 0.6) is 5.75 Å². The van der Waals surface area contributed by atoms with Crippen LogP contribution in [0.1, 0.15) is 29.8 Å². The van der Waals surface area contributed by atoms with Crippen molar-refractivity contribution < 1.29 is 9.53 Å². The van der Waals surface area contributed by atoms with Gasteiger partial charge in [0.15, 0.2) is 0 Å². The Morgan fingerprint density at radius 3 is 2.54 bits per heavy atom. The van der Waals surface area contributed by atoms with Crippen LogP contribution in [0.3, 0.4) is 0 Å². The molecule has 3 aromatic rings. The van der Waals surface area contributed by atoms with Crippen molar-refractivity contribution in [3.8, 4) is 22.0 Å². The lowest BCUT2D eigenvalue weighted by Gasteiger charge is -2.26. The zero-order valence-corrected chi connectivity index (χ0v) is 15.5. The molecule has 0 atom stereocenters. The molecule has 1 saturated heterocycles. The van der Waals surface area contributed by atoms with Gasteiger partial charge in [0.25, 0.3) is 5.91 Å². The molecule has 2 aromatic heterocycles. The van der Waals surface area contributed by atoms with E-state index in [-0.39, 0.29) is 5.91 Å². The molecule has 0 spiro atoms. The fraction of sp³-hybridized carbons (Fsp3) is 0.300. The number of hydrogen-bond acceptors (Lipinski definition) is 4. The zero-order chi connectivity index (χ0) is 17.9. The molecule has 1 fully saturated rings. The average Bonchev–Trinajstić information content (AvgIpc) is 3.38. The van der Waals surface area contributed by atoms with Gasteiger partial charge in [-0.3, -0.25) is 4.79 Å².